The molecule has 0 unspecified atom stereocenters. The molecule has 0 N–H and O–H groups in total. The van der Waals surface area contributed by atoms with Gasteiger partial charge in [0.05, 0.1) is 11.6 Å². The lowest BCUT2D eigenvalue weighted by Crippen LogP contribution is -2.51. The second-order valence-electron chi connectivity index (χ2n) is 7.81. The van der Waals surface area contributed by atoms with E-state index in [0.717, 1.165) is 37.5 Å². The normalized spacial score (nSPS) is 18.5. The largest absolute Gasteiger partial charge is 0.490 e. The van der Waals surface area contributed by atoms with Crippen molar-refractivity contribution in [1.82, 2.24) is 9.80 Å². The Morgan fingerprint density at radius 3 is 2.50 bits per heavy atom. The lowest BCUT2D eigenvalue weighted by atomic mass is 10.1. The van der Waals surface area contributed by atoms with E-state index in [2.05, 4.69) is 47.6 Å². The van der Waals surface area contributed by atoms with Gasteiger partial charge in [-0.1, -0.05) is 67.0 Å². The Labute approximate surface area is 199 Å². The van der Waals surface area contributed by atoms with Crippen molar-refractivity contribution in [2.75, 3.05) is 44.4 Å². The van der Waals surface area contributed by atoms with Crippen LogP contribution in [0, 0.1) is 6.92 Å². The molecule has 4 rings (SSSR count). The van der Waals surface area contributed by atoms with Crippen LogP contribution < -0.4 is 9.64 Å². The van der Waals surface area contributed by atoms with Crippen molar-refractivity contribution in [3.63, 3.8) is 0 Å². The van der Waals surface area contributed by atoms with E-state index in [4.69, 9.17) is 17.0 Å². The number of nitrogens with zero attached hydrogens (tertiary/aromatic N) is 3. The zero-order valence-electron chi connectivity index (χ0n) is 18.2. The van der Waals surface area contributed by atoms with Gasteiger partial charge in [-0.25, -0.2) is 0 Å². The second kappa shape index (κ2) is 10.3. The average molecular weight is 466 g/mol. The van der Waals surface area contributed by atoms with Gasteiger partial charge in [0.15, 0.2) is 0 Å². The number of thiocarbonyl (C=S) groups is 1. The number of ether oxygens (including phenoxy) is 1. The summed E-state index contributed by atoms with van der Waals surface area (Å²) in [4.78, 5) is 20.1. The Bertz CT molecular complexity index is 1030. The second-order valence-corrected chi connectivity index (χ2v) is 9.49. The van der Waals surface area contributed by atoms with Crippen LogP contribution in [0.1, 0.15) is 11.1 Å². The summed E-state index contributed by atoms with van der Waals surface area (Å²) >= 11 is 6.90. The summed E-state index contributed by atoms with van der Waals surface area (Å²) in [6, 6.07) is 16.2. The summed E-state index contributed by atoms with van der Waals surface area (Å²) in [5.74, 6) is 0.757. The molecule has 2 aliphatic rings. The molecule has 0 spiro atoms. The van der Waals surface area contributed by atoms with Gasteiger partial charge in [0.25, 0.3) is 5.91 Å². The van der Waals surface area contributed by atoms with Crippen LogP contribution in [-0.2, 0) is 4.79 Å². The van der Waals surface area contributed by atoms with Gasteiger partial charge in [0.2, 0.25) is 0 Å². The lowest BCUT2D eigenvalue weighted by molar-refractivity contribution is -0.123. The molecule has 0 saturated carbocycles. The van der Waals surface area contributed by atoms with Crippen LogP contribution in [0.15, 0.2) is 66.1 Å². The first-order chi connectivity index (χ1) is 15.5. The van der Waals surface area contributed by atoms with Crippen LogP contribution >= 0.6 is 24.0 Å². The van der Waals surface area contributed by atoms with Crippen molar-refractivity contribution in [3.05, 3.63) is 77.2 Å². The summed E-state index contributed by atoms with van der Waals surface area (Å²) in [6.07, 6.45) is 3.61. The minimum absolute atomic E-state index is 0.0201. The van der Waals surface area contributed by atoms with E-state index < -0.39 is 0 Å². The molecule has 2 heterocycles. The minimum Gasteiger partial charge on any atom is -0.490 e. The molecule has 2 aromatic carbocycles. The maximum atomic E-state index is 13.0. The van der Waals surface area contributed by atoms with Gasteiger partial charge in [-0.3, -0.25) is 14.6 Å². The smallest absolute Gasteiger partial charge is 0.267 e. The fourth-order valence-electron chi connectivity index (χ4n) is 3.84. The molecule has 5 nitrogen and oxygen atoms in total. The van der Waals surface area contributed by atoms with E-state index in [1.54, 1.807) is 11.0 Å². The number of aryl methyl sites for hydroxylation is 1. The molecular formula is C25H27N3O2S2. The molecule has 0 radical (unpaired) electrons. The van der Waals surface area contributed by atoms with Crippen LogP contribution in [0.4, 0.5) is 5.69 Å². The van der Waals surface area contributed by atoms with Gasteiger partial charge >= 0.3 is 0 Å². The zero-order valence-corrected chi connectivity index (χ0v) is 19.8. The molecule has 0 aliphatic carbocycles. The monoisotopic (exact) mass is 465 g/mol. The lowest BCUT2D eigenvalue weighted by Gasteiger charge is -2.38. The van der Waals surface area contributed by atoms with Gasteiger partial charge in [0.1, 0.15) is 16.7 Å². The number of piperazine rings is 1. The van der Waals surface area contributed by atoms with Crippen LogP contribution in [-0.4, -0.2) is 59.5 Å². The van der Waals surface area contributed by atoms with Crippen molar-refractivity contribution in [2.45, 2.75) is 6.92 Å². The molecule has 7 heteroatoms. The minimum atomic E-state index is -0.0201. The highest BCUT2D eigenvalue weighted by Gasteiger charge is 2.33. The number of rotatable bonds is 7. The fourth-order valence-corrected chi connectivity index (χ4v) is 5.08. The summed E-state index contributed by atoms with van der Waals surface area (Å²) in [5, 5.41) is 0. The molecule has 0 atom stereocenters. The molecule has 166 valence electrons. The predicted octanol–water partition coefficient (Wildman–Crippen LogP) is 4.54. The summed E-state index contributed by atoms with van der Waals surface area (Å²) < 4.78 is 6.13. The first kappa shape index (κ1) is 22.6. The van der Waals surface area contributed by atoms with Crippen molar-refractivity contribution in [3.8, 4) is 5.75 Å². The van der Waals surface area contributed by atoms with E-state index in [9.17, 15) is 4.79 Å². The number of carbonyl (C=O) groups excluding carboxylic acids is 1. The third kappa shape index (κ3) is 5.23. The van der Waals surface area contributed by atoms with Crippen LogP contribution in [0.2, 0.25) is 0 Å². The van der Waals surface area contributed by atoms with Crippen molar-refractivity contribution in [1.29, 1.82) is 0 Å². The number of benzene rings is 2. The average Bonchev–Trinajstić information content (AvgIpc) is 3.07. The van der Waals surface area contributed by atoms with E-state index in [-0.39, 0.29) is 5.91 Å². The van der Waals surface area contributed by atoms with Crippen LogP contribution in [0.3, 0.4) is 0 Å². The Kier molecular flexibility index (Phi) is 7.29. The van der Waals surface area contributed by atoms with Crippen LogP contribution in [0.5, 0.6) is 5.75 Å². The van der Waals surface area contributed by atoms with Gasteiger partial charge in [-0.15, -0.1) is 0 Å². The highest BCUT2D eigenvalue weighted by molar-refractivity contribution is 8.26. The maximum Gasteiger partial charge on any atom is 0.267 e. The highest BCUT2D eigenvalue weighted by Crippen LogP contribution is 2.33. The van der Waals surface area contributed by atoms with Crippen molar-refractivity contribution in [2.24, 2.45) is 0 Å². The maximum absolute atomic E-state index is 13.0. The molecule has 2 aliphatic heterocycles. The van der Waals surface area contributed by atoms with Gasteiger partial charge in [-0.05, 0) is 42.3 Å². The number of amides is 1. The summed E-state index contributed by atoms with van der Waals surface area (Å²) in [7, 11) is 0. The standard InChI is InChI=1S/C25H27N3O2S2/c1-3-16-30-21-10-8-20(9-11-21)17-23-24(29)28(25(31)32-23)18-26-12-14-27(15-13-26)22-7-5-4-6-19(22)2/h3-11,17H,1,12-16,18H2,2H3/b23-17+. The topological polar surface area (TPSA) is 36.0 Å². The molecule has 0 aromatic heterocycles. The van der Waals surface area contributed by atoms with Crippen molar-refractivity contribution >= 4 is 46.0 Å². The number of thioether (sulfide) groups is 1. The molecule has 2 aromatic rings. The Morgan fingerprint density at radius 1 is 1.09 bits per heavy atom. The van der Waals surface area contributed by atoms with Gasteiger partial charge < -0.3 is 9.64 Å². The van der Waals surface area contributed by atoms with E-state index in [1.807, 2.05) is 30.3 Å². The third-order valence-corrected chi connectivity index (χ3v) is 6.97. The first-order valence-electron chi connectivity index (χ1n) is 10.7. The summed E-state index contributed by atoms with van der Waals surface area (Å²) in [5.41, 5.74) is 3.54. The number of carbonyl (C=O) groups is 1. The van der Waals surface area contributed by atoms with Crippen molar-refractivity contribution < 1.29 is 9.53 Å². The quantitative estimate of drug-likeness (QED) is 0.339. The molecular weight excluding hydrogens is 438 g/mol. The number of hydrogen-bond donors (Lipinski definition) is 0. The number of hydrogen-bond acceptors (Lipinski definition) is 6. The van der Waals surface area contributed by atoms with E-state index >= 15 is 0 Å². The molecule has 1 amide bonds. The Morgan fingerprint density at radius 2 is 1.81 bits per heavy atom. The molecule has 32 heavy (non-hydrogen) atoms. The highest BCUT2D eigenvalue weighted by atomic mass is 32.2. The zero-order chi connectivity index (χ0) is 22.5. The Balaban J connectivity index is 1.35. The third-order valence-electron chi connectivity index (χ3n) is 5.59. The first-order valence-corrected chi connectivity index (χ1v) is 11.9. The van der Waals surface area contributed by atoms with Crippen LogP contribution in [0.25, 0.3) is 6.08 Å². The predicted molar refractivity (Wildman–Crippen MR) is 137 cm³/mol. The fraction of sp³-hybridized carbons (Fsp3) is 0.280. The number of para-hydroxylation sites is 1. The van der Waals surface area contributed by atoms with Gasteiger partial charge in [-0.2, -0.15) is 0 Å². The Hall–Kier alpha value is -2.61. The number of anilines is 1. The molecule has 2 fully saturated rings. The van der Waals surface area contributed by atoms with E-state index in [1.165, 1.54) is 23.0 Å². The van der Waals surface area contributed by atoms with Gasteiger partial charge in [0, 0.05) is 31.9 Å². The summed E-state index contributed by atoms with van der Waals surface area (Å²) in [6.45, 7) is 10.5. The molecule has 2 saturated heterocycles. The molecule has 0 bridgehead atoms. The van der Waals surface area contributed by atoms with E-state index in [0.29, 0.717) is 22.5 Å². The SMILES string of the molecule is C=CCOc1ccc(/C=C2/SC(=S)N(CN3CCN(c4ccccc4C)CC3)C2=O)cc1.